The highest BCUT2D eigenvalue weighted by atomic mass is 19.4. The van der Waals surface area contributed by atoms with Crippen LogP contribution in [0, 0.1) is 0 Å². The number of benzene rings is 1. The van der Waals surface area contributed by atoms with E-state index < -0.39 is 17.8 Å². The number of anilines is 1. The van der Waals surface area contributed by atoms with Crippen LogP contribution < -0.4 is 16.6 Å². The van der Waals surface area contributed by atoms with Crippen LogP contribution in [0.1, 0.15) is 38.4 Å². The lowest BCUT2D eigenvalue weighted by Gasteiger charge is -2.13. The third-order valence-corrected chi connectivity index (χ3v) is 5.45. The second-order valence-electron chi connectivity index (χ2n) is 8.12. The molecule has 3 aromatic heterocycles. The number of nitrogens with two attached hydrogens (primary N) is 1. The van der Waals surface area contributed by atoms with Gasteiger partial charge in [0.15, 0.2) is 5.69 Å². The van der Waals surface area contributed by atoms with Gasteiger partial charge in [-0.15, -0.1) is 0 Å². The summed E-state index contributed by atoms with van der Waals surface area (Å²) in [5, 5.41) is 2.50. The number of hydrogen-bond donors (Lipinski definition) is 2. The number of hydrogen-bond acceptors (Lipinski definition) is 5. The van der Waals surface area contributed by atoms with E-state index in [1.165, 1.54) is 30.5 Å². The van der Waals surface area contributed by atoms with E-state index in [2.05, 4.69) is 15.3 Å². The molecule has 184 valence electrons. The van der Waals surface area contributed by atoms with Gasteiger partial charge in [-0.05, 0) is 35.4 Å². The van der Waals surface area contributed by atoms with Gasteiger partial charge in [0.1, 0.15) is 5.82 Å². The van der Waals surface area contributed by atoms with Crippen LogP contribution in [-0.2, 0) is 25.7 Å². The van der Waals surface area contributed by atoms with E-state index in [9.17, 15) is 22.8 Å². The third kappa shape index (κ3) is 6.15. The number of nitrogen functional groups attached to an aromatic ring is 1. The molecule has 3 N–H and O–H groups in total. The Morgan fingerprint density at radius 1 is 1.00 bits per heavy atom. The lowest BCUT2D eigenvalue weighted by molar-refractivity contribution is -0.141. The summed E-state index contributed by atoms with van der Waals surface area (Å²) in [6, 6.07) is 18.2. The van der Waals surface area contributed by atoms with Crippen molar-refractivity contribution >= 4 is 11.7 Å². The first-order valence-electron chi connectivity index (χ1n) is 11.0. The summed E-state index contributed by atoms with van der Waals surface area (Å²) in [6.45, 7) is 0.0953. The van der Waals surface area contributed by atoms with E-state index in [0.29, 0.717) is 18.7 Å². The zero-order valence-electron chi connectivity index (χ0n) is 19.0. The first kappa shape index (κ1) is 24.6. The molecule has 0 aliphatic heterocycles. The van der Waals surface area contributed by atoms with Gasteiger partial charge in [0.2, 0.25) is 0 Å². The normalized spacial score (nSPS) is 11.3. The first-order valence-corrected chi connectivity index (χ1v) is 11.0. The molecule has 1 aromatic carbocycles. The van der Waals surface area contributed by atoms with Gasteiger partial charge >= 0.3 is 6.18 Å². The van der Waals surface area contributed by atoms with Crippen LogP contribution in [-0.4, -0.2) is 20.4 Å². The van der Waals surface area contributed by atoms with Crippen molar-refractivity contribution in [2.45, 2.75) is 25.7 Å². The van der Waals surface area contributed by atoms with Gasteiger partial charge in [0.25, 0.3) is 11.5 Å². The highest BCUT2D eigenvalue weighted by molar-refractivity contribution is 5.94. The Bertz CT molecular complexity index is 1430. The Kier molecular flexibility index (Phi) is 7.14. The third-order valence-electron chi connectivity index (χ3n) is 5.45. The molecule has 4 aromatic rings. The maximum atomic E-state index is 13.2. The number of carbonyl (C=O) groups excluding carboxylic acids is 1. The molecular formula is C26H22F3N5O2. The molecule has 0 saturated carbocycles. The van der Waals surface area contributed by atoms with Gasteiger partial charge in [-0.25, -0.2) is 4.98 Å². The van der Waals surface area contributed by atoms with E-state index >= 15 is 0 Å². The van der Waals surface area contributed by atoms with Crippen LogP contribution in [0.15, 0.2) is 83.9 Å². The Morgan fingerprint density at radius 2 is 1.75 bits per heavy atom. The molecule has 0 unspecified atom stereocenters. The molecule has 0 fully saturated rings. The average molecular weight is 493 g/mol. The van der Waals surface area contributed by atoms with Crippen molar-refractivity contribution in [3.63, 3.8) is 0 Å². The number of alkyl halides is 3. The number of aromatic nitrogens is 3. The minimum Gasteiger partial charge on any atom is -0.384 e. The summed E-state index contributed by atoms with van der Waals surface area (Å²) in [4.78, 5) is 32.1. The molecule has 0 atom stereocenters. The SMILES string of the molecule is Nc1ccc(CNC(=O)c2ccnc(Cc3ccc(Cn4ccccc4=O)cc3)c2)c(C(F)(F)F)n1. The summed E-state index contributed by atoms with van der Waals surface area (Å²) in [5.41, 5.74) is 6.80. The number of amides is 1. The lowest BCUT2D eigenvalue weighted by atomic mass is 10.1. The first-order chi connectivity index (χ1) is 17.2. The topological polar surface area (TPSA) is 103 Å². The van der Waals surface area contributed by atoms with Gasteiger partial charge in [-0.3, -0.25) is 14.6 Å². The Labute approximate surface area is 204 Å². The number of carbonyl (C=O) groups is 1. The van der Waals surface area contributed by atoms with Crippen LogP contribution in [0.25, 0.3) is 0 Å². The summed E-state index contributed by atoms with van der Waals surface area (Å²) in [6.07, 6.45) is -1.03. The molecule has 0 saturated heterocycles. The molecule has 0 aliphatic carbocycles. The molecule has 1 amide bonds. The number of rotatable bonds is 7. The van der Waals surface area contributed by atoms with Crippen LogP contribution in [0.3, 0.4) is 0 Å². The largest absolute Gasteiger partial charge is 0.433 e. The van der Waals surface area contributed by atoms with E-state index in [1.54, 1.807) is 29.0 Å². The minimum absolute atomic E-state index is 0.0804. The van der Waals surface area contributed by atoms with E-state index in [1.807, 2.05) is 24.3 Å². The molecule has 10 heteroatoms. The fourth-order valence-electron chi connectivity index (χ4n) is 3.64. The maximum Gasteiger partial charge on any atom is 0.433 e. The van der Waals surface area contributed by atoms with E-state index in [0.717, 1.165) is 11.1 Å². The zero-order valence-corrected chi connectivity index (χ0v) is 19.0. The summed E-state index contributed by atoms with van der Waals surface area (Å²) in [5.74, 6) is -0.787. The number of nitrogens with one attached hydrogen (secondary N) is 1. The Hall–Kier alpha value is -4.47. The summed E-state index contributed by atoms with van der Waals surface area (Å²) < 4.78 is 41.3. The van der Waals surface area contributed by atoms with Gasteiger partial charge < -0.3 is 15.6 Å². The van der Waals surface area contributed by atoms with Crippen molar-refractivity contribution in [1.29, 1.82) is 0 Å². The number of pyridine rings is 3. The van der Waals surface area contributed by atoms with Crippen LogP contribution in [0.5, 0.6) is 0 Å². The fraction of sp³-hybridized carbons (Fsp3) is 0.154. The predicted octanol–water partition coefficient (Wildman–Crippen LogP) is 3.81. The summed E-state index contributed by atoms with van der Waals surface area (Å²) in [7, 11) is 0. The monoisotopic (exact) mass is 493 g/mol. The van der Waals surface area contributed by atoms with Crippen molar-refractivity contribution in [3.8, 4) is 0 Å². The highest BCUT2D eigenvalue weighted by Crippen LogP contribution is 2.31. The van der Waals surface area contributed by atoms with Gasteiger partial charge in [-0.1, -0.05) is 36.4 Å². The molecule has 0 bridgehead atoms. The van der Waals surface area contributed by atoms with Crippen molar-refractivity contribution in [3.05, 3.63) is 123 Å². The van der Waals surface area contributed by atoms with Crippen LogP contribution >= 0.6 is 0 Å². The maximum absolute atomic E-state index is 13.2. The molecule has 0 radical (unpaired) electrons. The predicted molar refractivity (Wildman–Crippen MR) is 128 cm³/mol. The van der Waals surface area contributed by atoms with E-state index in [4.69, 9.17) is 5.73 Å². The van der Waals surface area contributed by atoms with E-state index in [-0.39, 0.29) is 29.0 Å². The van der Waals surface area contributed by atoms with Crippen LogP contribution in [0.4, 0.5) is 19.0 Å². The zero-order chi connectivity index (χ0) is 25.7. The minimum atomic E-state index is -4.69. The molecule has 4 rings (SSSR count). The van der Waals surface area contributed by atoms with Crippen molar-refractivity contribution in [2.75, 3.05) is 5.73 Å². The molecule has 0 aliphatic rings. The van der Waals surface area contributed by atoms with Gasteiger partial charge in [0, 0.05) is 48.2 Å². The van der Waals surface area contributed by atoms with Crippen molar-refractivity contribution in [1.82, 2.24) is 19.9 Å². The standard InChI is InChI=1S/C26H22F3N5O2/c27-26(28,29)24-20(8-9-22(30)33-24)15-32-25(36)19-10-11-31-21(14-19)13-17-4-6-18(7-5-17)16-34-12-2-1-3-23(34)35/h1-12,14H,13,15-16H2,(H2,30,33)(H,32,36). The smallest absolute Gasteiger partial charge is 0.384 e. The fourth-order valence-corrected chi connectivity index (χ4v) is 3.64. The lowest BCUT2D eigenvalue weighted by Crippen LogP contribution is -2.25. The van der Waals surface area contributed by atoms with Gasteiger partial charge in [-0.2, -0.15) is 13.2 Å². The van der Waals surface area contributed by atoms with Gasteiger partial charge in [0.05, 0.1) is 6.54 Å². The second kappa shape index (κ2) is 10.4. The Morgan fingerprint density at radius 3 is 2.47 bits per heavy atom. The molecule has 36 heavy (non-hydrogen) atoms. The average Bonchev–Trinajstić information content (AvgIpc) is 2.85. The molecule has 3 heterocycles. The molecule has 7 nitrogen and oxygen atoms in total. The molecular weight excluding hydrogens is 471 g/mol. The van der Waals surface area contributed by atoms with Crippen molar-refractivity contribution < 1.29 is 18.0 Å². The number of halogens is 3. The second-order valence-corrected chi connectivity index (χ2v) is 8.12. The molecule has 0 spiro atoms. The summed E-state index contributed by atoms with van der Waals surface area (Å²) >= 11 is 0. The quantitative estimate of drug-likeness (QED) is 0.408. The van der Waals surface area contributed by atoms with Crippen LogP contribution in [0.2, 0.25) is 0 Å². The van der Waals surface area contributed by atoms with Crippen molar-refractivity contribution in [2.24, 2.45) is 0 Å². The highest BCUT2D eigenvalue weighted by Gasteiger charge is 2.35. The Balaban J connectivity index is 1.41. The number of nitrogens with zero attached hydrogens (tertiary/aromatic N) is 3.